The van der Waals surface area contributed by atoms with Gasteiger partial charge in [-0.2, -0.15) is 13.2 Å². The lowest BCUT2D eigenvalue weighted by molar-refractivity contribution is -0.141. The molecule has 1 amide bonds. The van der Waals surface area contributed by atoms with Gasteiger partial charge in [0.25, 0.3) is 5.91 Å². The van der Waals surface area contributed by atoms with Crippen LogP contribution in [0.1, 0.15) is 22.5 Å². The number of halogens is 3. The molecular formula is C10H10F3NOS2. The van der Waals surface area contributed by atoms with Crippen molar-refractivity contribution in [1.82, 2.24) is 4.90 Å². The van der Waals surface area contributed by atoms with Crippen molar-refractivity contribution >= 4 is 29.9 Å². The highest BCUT2D eigenvalue weighted by atomic mass is 32.1. The van der Waals surface area contributed by atoms with Gasteiger partial charge in [-0.1, -0.05) is 0 Å². The molecule has 0 atom stereocenters. The van der Waals surface area contributed by atoms with Crippen molar-refractivity contribution in [2.45, 2.75) is 30.0 Å². The molecule has 0 bridgehead atoms. The van der Waals surface area contributed by atoms with Crippen LogP contribution in [0.4, 0.5) is 13.2 Å². The number of thiophene rings is 1. The summed E-state index contributed by atoms with van der Waals surface area (Å²) in [7, 11) is 0. The Bertz CT molecular complexity index is 425. The van der Waals surface area contributed by atoms with Crippen LogP contribution in [0.25, 0.3) is 0 Å². The molecule has 17 heavy (non-hydrogen) atoms. The minimum Gasteiger partial charge on any atom is -0.326 e. The minimum atomic E-state index is -4.35. The van der Waals surface area contributed by atoms with Crippen molar-refractivity contribution < 1.29 is 18.0 Å². The Labute approximate surface area is 106 Å². The van der Waals surface area contributed by atoms with Gasteiger partial charge in [0.05, 0.1) is 4.88 Å². The van der Waals surface area contributed by atoms with Crippen molar-refractivity contribution in [2.75, 3.05) is 6.54 Å². The maximum atomic E-state index is 12.4. The van der Waals surface area contributed by atoms with E-state index in [1.165, 1.54) is 6.07 Å². The SMILES string of the molecule is O=C(c1cc(S)cs1)N(CC(F)(F)F)C1CC1. The van der Waals surface area contributed by atoms with Gasteiger partial charge < -0.3 is 4.90 Å². The zero-order valence-corrected chi connectivity index (χ0v) is 10.4. The fourth-order valence-electron chi connectivity index (χ4n) is 1.53. The molecule has 0 aliphatic heterocycles. The Kier molecular flexibility index (Phi) is 3.40. The largest absolute Gasteiger partial charge is 0.406 e. The Balaban J connectivity index is 2.13. The number of carbonyl (C=O) groups is 1. The summed E-state index contributed by atoms with van der Waals surface area (Å²) >= 11 is 5.16. The molecule has 0 radical (unpaired) electrons. The number of hydrogen-bond acceptors (Lipinski definition) is 3. The molecule has 0 unspecified atom stereocenters. The Hall–Kier alpha value is -0.690. The molecule has 1 saturated carbocycles. The van der Waals surface area contributed by atoms with Gasteiger partial charge in [-0.3, -0.25) is 4.79 Å². The van der Waals surface area contributed by atoms with Crippen molar-refractivity contribution in [3.63, 3.8) is 0 Å². The molecule has 2 rings (SSSR count). The van der Waals surface area contributed by atoms with E-state index in [2.05, 4.69) is 12.6 Å². The van der Waals surface area contributed by atoms with Crippen LogP contribution in [0.3, 0.4) is 0 Å². The van der Waals surface area contributed by atoms with Crippen LogP contribution in [0.5, 0.6) is 0 Å². The molecule has 94 valence electrons. The molecule has 1 aliphatic rings. The predicted octanol–water partition coefficient (Wildman–Crippen LogP) is 3.20. The molecule has 0 aromatic carbocycles. The second kappa shape index (κ2) is 4.53. The number of rotatable bonds is 3. The molecule has 1 aromatic heterocycles. The minimum absolute atomic E-state index is 0.255. The van der Waals surface area contributed by atoms with Crippen molar-refractivity contribution in [3.05, 3.63) is 16.3 Å². The summed E-state index contributed by atoms with van der Waals surface area (Å²) in [6.45, 7) is -1.17. The van der Waals surface area contributed by atoms with E-state index in [-0.39, 0.29) is 6.04 Å². The van der Waals surface area contributed by atoms with Crippen LogP contribution in [0.2, 0.25) is 0 Å². The molecule has 1 heterocycles. The molecule has 1 aliphatic carbocycles. The predicted molar refractivity (Wildman–Crippen MR) is 61.7 cm³/mol. The van der Waals surface area contributed by atoms with Crippen LogP contribution in [0, 0.1) is 0 Å². The average molecular weight is 281 g/mol. The number of thiol groups is 1. The first-order valence-electron chi connectivity index (χ1n) is 5.02. The summed E-state index contributed by atoms with van der Waals surface area (Å²) in [5.41, 5.74) is 0. The smallest absolute Gasteiger partial charge is 0.326 e. The van der Waals surface area contributed by atoms with Crippen LogP contribution in [0.15, 0.2) is 16.3 Å². The van der Waals surface area contributed by atoms with Crippen LogP contribution in [-0.2, 0) is 0 Å². The maximum absolute atomic E-state index is 12.4. The van der Waals surface area contributed by atoms with Crippen molar-refractivity contribution in [1.29, 1.82) is 0 Å². The number of amides is 1. The van der Waals surface area contributed by atoms with E-state index in [0.717, 1.165) is 16.2 Å². The van der Waals surface area contributed by atoms with Gasteiger partial charge in [-0.05, 0) is 18.9 Å². The normalized spacial score (nSPS) is 16.0. The first-order valence-corrected chi connectivity index (χ1v) is 6.35. The van der Waals surface area contributed by atoms with E-state index in [9.17, 15) is 18.0 Å². The van der Waals surface area contributed by atoms with E-state index in [4.69, 9.17) is 0 Å². The second-order valence-corrected chi connectivity index (χ2v) is 5.38. The third kappa shape index (κ3) is 3.38. The number of nitrogens with zero attached hydrogens (tertiary/aromatic N) is 1. The highest BCUT2D eigenvalue weighted by Crippen LogP contribution is 2.32. The lowest BCUT2D eigenvalue weighted by Crippen LogP contribution is -2.40. The van der Waals surface area contributed by atoms with E-state index in [1.807, 2.05) is 0 Å². The summed E-state index contributed by atoms with van der Waals surface area (Å²) in [6, 6.07) is 1.25. The number of hydrogen-bond donors (Lipinski definition) is 1. The van der Waals surface area contributed by atoms with Crippen LogP contribution >= 0.6 is 24.0 Å². The van der Waals surface area contributed by atoms with Crippen LogP contribution in [-0.4, -0.2) is 29.6 Å². The lowest BCUT2D eigenvalue weighted by Gasteiger charge is -2.23. The Morgan fingerprint density at radius 2 is 2.18 bits per heavy atom. The summed E-state index contributed by atoms with van der Waals surface area (Å²) < 4.78 is 37.1. The quantitative estimate of drug-likeness (QED) is 0.844. The highest BCUT2D eigenvalue weighted by Gasteiger charge is 2.41. The number of alkyl halides is 3. The highest BCUT2D eigenvalue weighted by molar-refractivity contribution is 7.80. The first-order chi connectivity index (χ1) is 7.87. The van der Waals surface area contributed by atoms with Crippen LogP contribution < -0.4 is 0 Å². The molecule has 0 N–H and O–H groups in total. The monoisotopic (exact) mass is 281 g/mol. The van der Waals surface area contributed by atoms with Gasteiger partial charge in [0, 0.05) is 16.3 Å². The van der Waals surface area contributed by atoms with E-state index < -0.39 is 18.6 Å². The van der Waals surface area contributed by atoms with Gasteiger partial charge in [0.1, 0.15) is 6.54 Å². The Morgan fingerprint density at radius 1 is 1.53 bits per heavy atom. The zero-order chi connectivity index (χ0) is 12.6. The van der Waals surface area contributed by atoms with E-state index >= 15 is 0 Å². The molecule has 1 aromatic rings. The van der Waals surface area contributed by atoms with Gasteiger partial charge >= 0.3 is 6.18 Å². The topological polar surface area (TPSA) is 20.3 Å². The Morgan fingerprint density at radius 3 is 2.59 bits per heavy atom. The molecule has 1 fully saturated rings. The molecule has 0 saturated heterocycles. The van der Waals surface area contributed by atoms with Gasteiger partial charge in [-0.15, -0.1) is 24.0 Å². The van der Waals surface area contributed by atoms with Gasteiger partial charge in [0.15, 0.2) is 0 Å². The first kappa shape index (κ1) is 12.8. The summed E-state index contributed by atoms with van der Waals surface area (Å²) in [4.78, 5) is 13.7. The third-order valence-corrected chi connectivity index (χ3v) is 3.75. The van der Waals surface area contributed by atoms with E-state index in [0.29, 0.717) is 22.6 Å². The van der Waals surface area contributed by atoms with E-state index in [1.54, 1.807) is 5.38 Å². The zero-order valence-electron chi connectivity index (χ0n) is 8.70. The lowest BCUT2D eigenvalue weighted by atomic mass is 10.3. The molecule has 7 heteroatoms. The summed E-state index contributed by atoms with van der Waals surface area (Å²) in [5, 5.41) is 1.63. The fourth-order valence-corrected chi connectivity index (χ4v) is 2.63. The third-order valence-electron chi connectivity index (χ3n) is 2.39. The standard InChI is InChI=1S/C10H10F3NOS2/c11-10(12,13)5-14(6-1-2-6)9(15)8-3-7(16)4-17-8/h3-4,6,16H,1-2,5H2. The van der Waals surface area contributed by atoms with Gasteiger partial charge in [-0.25, -0.2) is 0 Å². The van der Waals surface area contributed by atoms with Gasteiger partial charge in [0.2, 0.25) is 0 Å². The molecule has 0 spiro atoms. The average Bonchev–Trinajstić information content (AvgIpc) is 2.96. The second-order valence-electron chi connectivity index (χ2n) is 3.95. The number of carbonyl (C=O) groups excluding carboxylic acids is 1. The maximum Gasteiger partial charge on any atom is 0.406 e. The van der Waals surface area contributed by atoms with Crippen molar-refractivity contribution in [2.24, 2.45) is 0 Å². The summed E-state index contributed by atoms with van der Waals surface area (Å²) in [5.74, 6) is -0.546. The van der Waals surface area contributed by atoms with Crippen molar-refractivity contribution in [3.8, 4) is 0 Å². The molecular weight excluding hydrogens is 271 g/mol. The molecule has 2 nitrogen and oxygen atoms in total. The fraction of sp³-hybridized carbons (Fsp3) is 0.500. The summed E-state index contributed by atoms with van der Waals surface area (Å²) in [6.07, 6.45) is -3.04.